The Morgan fingerprint density at radius 1 is 1.69 bits per heavy atom. The Balaban J connectivity index is 2.12. The first kappa shape index (κ1) is 8.65. The third-order valence-electron chi connectivity index (χ3n) is 2.27. The molecule has 13 heavy (non-hydrogen) atoms. The minimum Gasteiger partial charge on any atom is -0.339 e. The van der Waals surface area contributed by atoms with Crippen LogP contribution >= 0.6 is 0 Å². The van der Waals surface area contributed by atoms with Crippen molar-refractivity contribution >= 4 is 0 Å². The topological polar surface area (TPSA) is 77.0 Å². The number of nitrogens with one attached hydrogen (secondary N) is 1. The molecule has 2 rings (SSSR count). The molecule has 5 heteroatoms. The molecule has 1 fully saturated rings. The minimum absolute atomic E-state index is 0.146. The molecule has 0 radical (unpaired) electrons. The maximum absolute atomic E-state index is 5.63. The predicted octanol–water partition coefficient (Wildman–Crippen LogP) is 0.166. The standard InChI is InChI=1S/C8H14N4O/c1-5(9)7-11-8(13-12-7)6-2-3-10-4-6/h5-6,10H,2-4,9H2,1H3. The van der Waals surface area contributed by atoms with Crippen LogP contribution in [0, 0.1) is 0 Å². The van der Waals surface area contributed by atoms with E-state index in [1.54, 1.807) is 0 Å². The molecule has 1 saturated heterocycles. The second-order valence-electron chi connectivity index (χ2n) is 3.47. The van der Waals surface area contributed by atoms with Crippen molar-refractivity contribution in [2.24, 2.45) is 5.73 Å². The fourth-order valence-corrected chi connectivity index (χ4v) is 1.46. The Morgan fingerprint density at radius 3 is 3.08 bits per heavy atom. The van der Waals surface area contributed by atoms with Gasteiger partial charge >= 0.3 is 0 Å². The van der Waals surface area contributed by atoms with Gasteiger partial charge in [0.2, 0.25) is 5.89 Å². The Kier molecular flexibility index (Phi) is 2.28. The maximum Gasteiger partial charge on any atom is 0.231 e. The molecule has 0 aliphatic carbocycles. The second-order valence-corrected chi connectivity index (χ2v) is 3.47. The number of hydrogen-bond acceptors (Lipinski definition) is 5. The molecule has 2 atom stereocenters. The summed E-state index contributed by atoms with van der Waals surface area (Å²) < 4.78 is 5.13. The van der Waals surface area contributed by atoms with Gasteiger partial charge in [0.15, 0.2) is 5.82 Å². The lowest BCUT2D eigenvalue weighted by Gasteiger charge is -1.98. The minimum atomic E-state index is -0.146. The van der Waals surface area contributed by atoms with Gasteiger partial charge in [-0.15, -0.1) is 0 Å². The number of rotatable bonds is 2. The summed E-state index contributed by atoms with van der Waals surface area (Å²) >= 11 is 0. The van der Waals surface area contributed by atoms with Crippen LogP contribution in [0.2, 0.25) is 0 Å². The van der Waals surface area contributed by atoms with E-state index in [1.165, 1.54) is 0 Å². The van der Waals surface area contributed by atoms with Gasteiger partial charge in [-0.1, -0.05) is 5.16 Å². The lowest BCUT2D eigenvalue weighted by molar-refractivity contribution is 0.353. The van der Waals surface area contributed by atoms with Crippen molar-refractivity contribution in [1.82, 2.24) is 15.5 Å². The van der Waals surface area contributed by atoms with E-state index in [9.17, 15) is 0 Å². The summed E-state index contributed by atoms with van der Waals surface area (Å²) in [6, 6.07) is -0.146. The van der Waals surface area contributed by atoms with Crippen LogP contribution in [-0.2, 0) is 0 Å². The fraction of sp³-hybridized carbons (Fsp3) is 0.750. The van der Waals surface area contributed by atoms with Gasteiger partial charge in [0, 0.05) is 6.54 Å². The van der Waals surface area contributed by atoms with E-state index in [2.05, 4.69) is 15.5 Å². The number of nitrogens with zero attached hydrogens (tertiary/aromatic N) is 2. The third kappa shape index (κ3) is 1.71. The molecular formula is C8H14N4O. The van der Waals surface area contributed by atoms with Crippen molar-refractivity contribution in [2.75, 3.05) is 13.1 Å². The first-order chi connectivity index (χ1) is 6.27. The average molecular weight is 182 g/mol. The molecule has 0 spiro atoms. The molecule has 0 bridgehead atoms. The first-order valence-electron chi connectivity index (χ1n) is 4.57. The molecular weight excluding hydrogens is 168 g/mol. The highest BCUT2D eigenvalue weighted by Crippen LogP contribution is 2.21. The highest BCUT2D eigenvalue weighted by molar-refractivity contribution is 4.99. The molecule has 2 heterocycles. The summed E-state index contributed by atoms with van der Waals surface area (Å²) in [4.78, 5) is 4.25. The fourth-order valence-electron chi connectivity index (χ4n) is 1.46. The average Bonchev–Trinajstić information content (AvgIpc) is 2.75. The van der Waals surface area contributed by atoms with Crippen molar-refractivity contribution in [3.05, 3.63) is 11.7 Å². The highest BCUT2D eigenvalue weighted by Gasteiger charge is 2.23. The molecule has 1 aliphatic heterocycles. The summed E-state index contributed by atoms with van der Waals surface area (Å²) in [6.07, 6.45) is 1.07. The van der Waals surface area contributed by atoms with Crippen molar-refractivity contribution in [2.45, 2.75) is 25.3 Å². The zero-order valence-corrected chi connectivity index (χ0v) is 7.66. The molecule has 0 amide bonds. The van der Waals surface area contributed by atoms with Crippen LogP contribution in [0.5, 0.6) is 0 Å². The first-order valence-corrected chi connectivity index (χ1v) is 4.57. The van der Waals surface area contributed by atoms with Crippen LogP contribution in [0.25, 0.3) is 0 Å². The van der Waals surface area contributed by atoms with Crippen molar-refractivity contribution in [1.29, 1.82) is 0 Å². The van der Waals surface area contributed by atoms with Gasteiger partial charge in [0.25, 0.3) is 0 Å². The van der Waals surface area contributed by atoms with Gasteiger partial charge in [-0.25, -0.2) is 0 Å². The van der Waals surface area contributed by atoms with Crippen LogP contribution in [-0.4, -0.2) is 23.2 Å². The van der Waals surface area contributed by atoms with E-state index in [0.29, 0.717) is 11.7 Å². The summed E-state index contributed by atoms with van der Waals surface area (Å²) in [6.45, 7) is 3.81. The molecule has 0 saturated carbocycles. The summed E-state index contributed by atoms with van der Waals surface area (Å²) in [5, 5.41) is 7.07. The molecule has 5 nitrogen and oxygen atoms in total. The molecule has 1 aliphatic rings. The van der Waals surface area contributed by atoms with Crippen LogP contribution in [0.3, 0.4) is 0 Å². The number of nitrogens with two attached hydrogens (primary N) is 1. The van der Waals surface area contributed by atoms with Crippen LogP contribution in [0.1, 0.15) is 37.0 Å². The van der Waals surface area contributed by atoms with Crippen LogP contribution in [0.15, 0.2) is 4.52 Å². The van der Waals surface area contributed by atoms with Crippen molar-refractivity contribution in [3.8, 4) is 0 Å². The Bertz CT molecular complexity index is 277. The number of aromatic nitrogens is 2. The monoisotopic (exact) mass is 182 g/mol. The van der Waals surface area contributed by atoms with Gasteiger partial charge in [0.05, 0.1) is 12.0 Å². The van der Waals surface area contributed by atoms with E-state index >= 15 is 0 Å². The van der Waals surface area contributed by atoms with E-state index in [4.69, 9.17) is 10.3 Å². The molecule has 1 aromatic heterocycles. The predicted molar refractivity (Wildman–Crippen MR) is 47.1 cm³/mol. The van der Waals surface area contributed by atoms with E-state index in [0.717, 1.165) is 25.4 Å². The molecule has 0 aromatic carbocycles. The van der Waals surface area contributed by atoms with Gasteiger partial charge in [0.1, 0.15) is 0 Å². The van der Waals surface area contributed by atoms with Crippen molar-refractivity contribution < 1.29 is 4.52 Å². The second kappa shape index (κ2) is 3.43. The van der Waals surface area contributed by atoms with Crippen molar-refractivity contribution in [3.63, 3.8) is 0 Å². The van der Waals surface area contributed by atoms with Gasteiger partial charge < -0.3 is 15.6 Å². The maximum atomic E-state index is 5.63. The van der Waals surface area contributed by atoms with E-state index < -0.39 is 0 Å². The quantitative estimate of drug-likeness (QED) is 0.681. The zero-order chi connectivity index (χ0) is 9.26. The molecule has 72 valence electrons. The Labute approximate surface area is 76.7 Å². The van der Waals surface area contributed by atoms with Crippen LogP contribution in [0.4, 0.5) is 0 Å². The van der Waals surface area contributed by atoms with Gasteiger partial charge in [-0.3, -0.25) is 0 Å². The smallest absolute Gasteiger partial charge is 0.231 e. The van der Waals surface area contributed by atoms with Gasteiger partial charge in [-0.2, -0.15) is 4.98 Å². The SMILES string of the molecule is CC(N)c1noc(C2CCNC2)n1. The largest absolute Gasteiger partial charge is 0.339 e. The van der Waals surface area contributed by atoms with Crippen LogP contribution < -0.4 is 11.1 Å². The molecule has 1 aromatic rings. The lowest BCUT2D eigenvalue weighted by Crippen LogP contribution is -2.09. The zero-order valence-electron chi connectivity index (χ0n) is 7.66. The molecule has 2 unspecified atom stereocenters. The Hall–Kier alpha value is -0.940. The summed E-state index contributed by atoms with van der Waals surface area (Å²) in [5.41, 5.74) is 5.63. The van der Waals surface area contributed by atoms with Gasteiger partial charge in [-0.05, 0) is 19.9 Å². The molecule has 3 N–H and O–H groups in total. The van der Waals surface area contributed by atoms with E-state index in [1.807, 2.05) is 6.92 Å². The summed E-state index contributed by atoms with van der Waals surface area (Å²) in [7, 11) is 0. The number of hydrogen-bond donors (Lipinski definition) is 2. The van der Waals surface area contributed by atoms with E-state index in [-0.39, 0.29) is 6.04 Å². The normalized spacial score (nSPS) is 24.9. The lowest BCUT2D eigenvalue weighted by atomic mass is 10.1. The highest BCUT2D eigenvalue weighted by atomic mass is 16.5. The summed E-state index contributed by atoms with van der Waals surface area (Å²) in [5.74, 6) is 1.69. The Morgan fingerprint density at radius 2 is 2.54 bits per heavy atom. The third-order valence-corrected chi connectivity index (χ3v) is 2.27.